The van der Waals surface area contributed by atoms with Gasteiger partial charge in [-0.05, 0) is 18.1 Å². The SMILES string of the molecule is C[C@H](c1ccccc1)C(F)(F)F.OC[C@H](c1ccccc1)C(F)(F)F.[CH2-]Br.[Li+]. The van der Waals surface area contributed by atoms with Crippen LogP contribution in [0.3, 0.4) is 0 Å². The maximum Gasteiger partial charge on any atom is 1.00 e. The first-order valence-electron chi connectivity index (χ1n) is 7.68. The van der Waals surface area contributed by atoms with Crippen LogP contribution >= 0.6 is 15.9 Å². The fourth-order valence-corrected chi connectivity index (χ4v) is 2.01. The Morgan fingerprint density at radius 3 is 1.43 bits per heavy atom. The molecule has 0 aromatic heterocycles. The number of rotatable bonds is 3. The molecule has 0 bridgehead atoms. The van der Waals surface area contributed by atoms with E-state index in [1.54, 1.807) is 24.3 Å². The summed E-state index contributed by atoms with van der Waals surface area (Å²) in [5.74, 6) is -0.0834. The average Bonchev–Trinajstić information content (AvgIpc) is 2.63. The molecule has 0 aliphatic carbocycles. The molecular weight excluding hydrogens is 445 g/mol. The molecule has 0 heterocycles. The minimum Gasteiger partial charge on any atom is -0.395 e. The van der Waals surface area contributed by atoms with Crippen LogP contribution in [0, 0.1) is 5.83 Å². The van der Waals surface area contributed by atoms with E-state index in [-0.39, 0.29) is 24.4 Å². The third-order valence-electron chi connectivity index (χ3n) is 3.57. The maximum atomic E-state index is 12.2. The van der Waals surface area contributed by atoms with Crippen molar-refractivity contribution in [2.45, 2.75) is 31.1 Å². The molecule has 0 amide bonds. The van der Waals surface area contributed by atoms with Gasteiger partial charge in [0.15, 0.2) is 0 Å². The van der Waals surface area contributed by atoms with Gasteiger partial charge in [0.25, 0.3) is 0 Å². The van der Waals surface area contributed by atoms with Crippen LogP contribution < -0.4 is 18.9 Å². The van der Waals surface area contributed by atoms with Gasteiger partial charge in [0, 0.05) is 0 Å². The summed E-state index contributed by atoms with van der Waals surface area (Å²) >= 11 is 2.69. The van der Waals surface area contributed by atoms with E-state index in [0.717, 1.165) is 6.92 Å². The molecule has 0 fully saturated rings. The fourth-order valence-electron chi connectivity index (χ4n) is 2.01. The van der Waals surface area contributed by atoms with Gasteiger partial charge < -0.3 is 21.0 Å². The van der Waals surface area contributed by atoms with E-state index in [4.69, 9.17) is 5.11 Å². The molecule has 0 aliphatic heterocycles. The summed E-state index contributed by atoms with van der Waals surface area (Å²) in [6.45, 7) is 0.253. The fraction of sp³-hybridized carbons (Fsp3) is 0.316. The van der Waals surface area contributed by atoms with Crippen LogP contribution in [0.4, 0.5) is 26.3 Å². The Balaban J connectivity index is 0. The molecular formula is C19H20BrF6LiO. The summed E-state index contributed by atoms with van der Waals surface area (Å²) in [7, 11) is 0. The predicted molar refractivity (Wildman–Crippen MR) is 97.5 cm³/mol. The van der Waals surface area contributed by atoms with Crippen LogP contribution in [-0.4, -0.2) is 24.1 Å². The van der Waals surface area contributed by atoms with E-state index in [0.29, 0.717) is 5.56 Å². The largest absolute Gasteiger partial charge is 1.00 e. The Morgan fingerprint density at radius 2 is 1.14 bits per heavy atom. The quantitative estimate of drug-likeness (QED) is 0.415. The molecule has 1 N–H and O–H groups in total. The number of alkyl halides is 6. The second-order valence-electron chi connectivity index (χ2n) is 5.36. The average molecular weight is 465 g/mol. The van der Waals surface area contributed by atoms with Gasteiger partial charge in [-0.25, -0.2) is 0 Å². The smallest absolute Gasteiger partial charge is 0.395 e. The zero-order chi connectivity index (χ0) is 21.1. The van der Waals surface area contributed by atoms with Gasteiger partial charge in [-0.3, -0.25) is 5.83 Å². The molecule has 28 heavy (non-hydrogen) atoms. The monoisotopic (exact) mass is 464 g/mol. The van der Waals surface area contributed by atoms with Gasteiger partial charge in [0.2, 0.25) is 0 Å². The van der Waals surface area contributed by atoms with Crippen molar-refractivity contribution in [3.8, 4) is 0 Å². The van der Waals surface area contributed by atoms with Crippen LogP contribution in [0.2, 0.25) is 0 Å². The van der Waals surface area contributed by atoms with Crippen LogP contribution in [0.5, 0.6) is 0 Å². The molecule has 152 valence electrons. The van der Waals surface area contributed by atoms with Crippen LogP contribution in [0.25, 0.3) is 0 Å². The van der Waals surface area contributed by atoms with Crippen LogP contribution in [-0.2, 0) is 0 Å². The Kier molecular flexibility index (Phi) is 14.7. The van der Waals surface area contributed by atoms with E-state index >= 15 is 0 Å². The second kappa shape index (κ2) is 14.1. The number of halogens is 7. The van der Waals surface area contributed by atoms with Crippen molar-refractivity contribution in [1.29, 1.82) is 0 Å². The summed E-state index contributed by atoms with van der Waals surface area (Å²) in [5, 5.41) is 8.60. The normalized spacial score (nSPS) is 12.9. The molecule has 1 nitrogen and oxygen atoms in total. The Bertz CT molecular complexity index is 620. The number of hydrogen-bond acceptors (Lipinski definition) is 1. The molecule has 2 atom stereocenters. The Morgan fingerprint density at radius 1 is 0.786 bits per heavy atom. The summed E-state index contributed by atoms with van der Waals surface area (Å²) in [4.78, 5) is 0. The standard InChI is InChI=1S/C9H9F3O.C9H9F3.CH2Br.Li/c10-9(11,12)8(6-13)7-4-2-1-3-5-7;1-7(9(10,11)12)8-5-3-2-4-6-8;1-2;/h1-5,8,13H,6H2;2-7H,1H3;1H2;/q;;-1;+1/t8-;7-;;/m11../s1. The maximum absolute atomic E-state index is 12.2. The number of hydrogen-bond donors (Lipinski definition) is 1. The van der Waals surface area contributed by atoms with Crippen molar-refractivity contribution in [3.05, 3.63) is 77.6 Å². The summed E-state index contributed by atoms with van der Waals surface area (Å²) in [6.07, 6.45) is -8.52. The minimum absolute atomic E-state index is 0. The van der Waals surface area contributed by atoms with Crippen molar-refractivity contribution in [1.82, 2.24) is 0 Å². The molecule has 0 unspecified atom stereocenters. The third kappa shape index (κ3) is 10.6. The van der Waals surface area contributed by atoms with E-state index in [9.17, 15) is 26.3 Å². The third-order valence-corrected chi connectivity index (χ3v) is 3.57. The summed E-state index contributed by atoms with van der Waals surface area (Å²) in [6, 6.07) is 15.3. The Labute approximate surface area is 181 Å². The van der Waals surface area contributed by atoms with Gasteiger partial charge in [0.1, 0.15) is 5.92 Å². The zero-order valence-corrected chi connectivity index (χ0v) is 17.0. The van der Waals surface area contributed by atoms with Crippen molar-refractivity contribution in [3.63, 3.8) is 0 Å². The topological polar surface area (TPSA) is 20.2 Å². The van der Waals surface area contributed by atoms with E-state index in [2.05, 4.69) is 21.8 Å². The molecule has 2 rings (SSSR count). The summed E-state index contributed by atoms with van der Waals surface area (Å²) in [5.41, 5.74) is 0.405. The number of aliphatic hydroxyl groups excluding tert-OH is 1. The van der Waals surface area contributed by atoms with E-state index in [1.807, 2.05) is 0 Å². The molecule has 0 radical (unpaired) electrons. The van der Waals surface area contributed by atoms with Crippen molar-refractivity contribution >= 4 is 15.9 Å². The van der Waals surface area contributed by atoms with Gasteiger partial charge in [0.05, 0.1) is 12.5 Å². The van der Waals surface area contributed by atoms with Gasteiger partial charge in [-0.15, -0.1) is 0 Å². The van der Waals surface area contributed by atoms with E-state index in [1.165, 1.54) is 36.4 Å². The molecule has 0 saturated heterocycles. The van der Waals surface area contributed by atoms with Gasteiger partial charge in [-0.2, -0.15) is 26.3 Å². The van der Waals surface area contributed by atoms with E-state index < -0.39 is 30.8 Å². The minimum atomic E-state index is -4.38. The summed E-state index contributed by atoms with van der Waals surface area (Å²) < 4.78 is 73.1. The molecule has 0 spiro atoms. The first-order chi connectivity index (χ1) is 12.6. The molecule has 9 heteroatoms. The predicted octanol–water partition coefficient (Wildman–Crippen LogP) is 3.85. The Hall–Kier alpha value is -0.943. The molecule has 0 aliphatic rings. The first kappa shape index (κ1) is 29.3. The van der Waals surface area contributed by atoms with Crippen LogP contribution in [0.1, 0.15) is 29.9 Å². The van der Waals surface area contributed by atoms with Crippen molar-refractivity contribution in [2.75, 3.05) is 6.61 Å². The first-order valence-corrected chi connectivity index (χ1v) is 8.80. The van der Waals surface area contributed by atoms with Gasteiger partial charge in [-0.1, -0.05) is 60.7 Å². The van der Waals surface area contributed by atoms with Crippen LogP contribution in [0.15, 0.2) is 60.7 Å². The van der Waals surface area contributed by atoms with Crippen molar-refractivity contribution in [2.24, 2.45) is 0 Å². The number of aliphatic hydroxyl groups is 1. The molecule has 2 aromatic carbocycles. The van der Waals surface area contributed by atoms with Gasteiger partial charge >= 0.3 is 31.2 Å². The second-order valence-corrected chi connectivity index (χ2v) is 5.36. The van der Waals surface area contributed by atoms with Crippen molar-refractivity contribution < 1.29 is 50.3 Å². The zero-order valence-electron chi connectivity index (χ0n) is 15.4. The number of benzene rings is 2. The molecule has 2 aromatic rings. The molecule has 0 saturated carbocycles.